The van der Waals surface area contributed by atoms with Crippen LogP contribution >= 0.6 is 0 Å². The van der Waals surface area contributed by atoms with Gasteiger partial charge in [0, 0.05) is 19.8 Å². The van der Waals surface area contributed by atoms with Gasteiger partial charge in [-0.15, -0.1) is 0 Å². The molecule has 6 heteroatoms. The van der Waals surface area contributed by atoms with Crippen LogP contribution in [0.25, 0.3) is 0 Å². The molecule has 0 saturated heterocycles. The number of hydrogen-bond donors (Lipinski definition) is 0. The van der Waals surface area contributed by atoms with Crippen molar-refractivity contribution in [3.05, 3.63) is 24.0 Å². The van der Waals surface area contributed by atoms with E-state index in [1.165, 1.54) is 41.9 Å². The Morgan fingerprint density at radius 3 is 2.71 bits per heavy atom. The number of nitrogens with zero attached hydrogens (tertiary/aromatic N) is 3. The molecule has 0 aromatic carbocycles. The monoisotopic (exact) mass is 305 g/mol. The molecule has 112 valence electrons. The van der Waals surface area contributed by atoms with Gasteiger partial charge in [-0.05, 0) is 49.1 Å². The summed E-state index contributed by atoms with van der Waals surface area (Å²) in [5, 5.41) is 8.72. The average Bonchev–Trinajstić information content (AvgIpc) is 3.09. The maximum atomic E-state index is 12.5. The second-order valence-electron chi connectivity index (χ2n) is 6.21. The molecular formula is C15H19N3O2S. The lowest BCUT2D eigenvalue weighted by atomic mass is 9.89. The number of hydrogen-bond acceptors (Lipinski definition) is 4. The summed E-state index contributed by atoms with van der Waals surface area (Å²) < 4.78 is 26.5. The van der Waals surface area contributed by atoms with E-state index in [1.54, 1.807) is 7.05 Å². The van der Waals surface area contributed by atoms with Gasteiger partial charge < -0.3 is 0 Å². The number of rotatable bonds is 4. The molecule has 2 bridgehead atoms. The third-order valence-corrected chi connectivity index (χ3v) is 6.74. The minimum Gasteiger partial charge on any atom is -0.244 e. The van der Waals surface area contributed by atoms with E-state index in [2.05, 4.69) is 4.98 Å². The third kappa shape index (κ3) is 2.68. The van der Waals surface area contributed by atoms with Crippen molar-refractivity contribution in [1.82, 2.24) is 9.29 Å². The van der Waals surface area contributed by atoms with Gasteiger partial charge in [0.25, 0.3) is 0 Å². The van der Waals surface area contributed by atoms with Gasteiger partial charge in [0.1, 0.15) is 16.7 Å². The quantitative estimate of drug-likeness (QED) is 0.853. The van der Waals surface area contributed by atoms with Gasteiger partial charge in [-0.2, -0.15) is 5.26 Å². The molecule has 2 fully saturated rings. The molecule has 21 heavy (non-hydrogen) atoms. The number of fused-ring (bicyclic) bond motifs is 2. The van der Waals surface area contributed by atoms with Crippen LogP contribution in [-0.4, -0.2) is 31.3 Å². The molecule has 5 nitrogen and oxygen atoms in total. The van der Waals surface area contributed by atoms with E-state index in [1.807, 2.05) is 6.07 Å². The smallest absolute Gasteiger partial charge is 0.244 e. The number of pyridine rings is 1. The van der Waals surface area contributed by atoms with Crippen LogP contribution in [0.15, 0.2) is 23.2 Å². The summed E-state index contributed by atoms with van der Waals surface area (Å²) in [4.78, 5) is 4.01. The largest absolute Gasteiger partial charge is 0.244 e. The molecule has 3 atom stereocenters. The van der Waals surface area contributed by atoms with Crippen LogP contribution in [0.4, 0.5) is 0 Å². The second-order valence-corrected chi connectivity index (χ2v) is 8.26. The molecule has 1 heterocycles. The normalized spacial score (nSPS) is 28.0. The van der Waals surface area contributed by atoms with Crippen LogP contribution in [-0.2, 0) is 10.0 Å². The van der Waals surface area contributed by atoms with E-state index in [-0.39, 0.29) is 10.6 Å². The Bertz CT molecular complexity index is 663. The minimum absolute atomic E-state index is 0.159. The highest BCUT2D eigenvalue weighted by atomic mass is 32.2. The van der Waals surface area contributed by atoms with Gasteiger partial charge in [0.2, 0.25) is 10.0 Å². The van der Waals surface area contributed by atoms with E-state index in [0.29, 0.717) is 18.4 Å². The molecule has 0 amide bonds. The summed E-state index contributed by atoms with van der Waals surface area (Å²) in [5.74, 6) is 2.01. The van der Waals surface area contributed by atoms with E-state index < -0.39 is 10.0 Å². The Labute approximate surface area is 125 Å². The van der Waals surface area contributed by atoms with E-state index >= 15 is 0 Å². The van der Waals surface area contributed by atoms with E-state index in [4.69, 9.17) is 5.26 Å². The lowest BCUT2D eigenvalue weighted by molar-refractivity contribution is 0.280. The van der Waals surface area contributed by atoms with Gasteiger partial charge in [0.15, 0.2) is 0 Å². The topological polar surface area (TPSA) is 74.1 Å². The van der Waals surface area contributed by atoms with Gasteiger partial charge in [-0.1, -0.05) is 6.42 Å². The summed E-state index contributed by atoms with van der Waals surface area (Å²) in [5.41, 5.74) is 0.227. The fourth-order valence-corrected chi connectivity index (χ4v) is 4.98. The maximum absolute atomic E-state index is 12.5. The van der Waals surface area contributed by atoms with Crippen molar-refractivity contribution < 1.29 is 8.42 Å². The van der Waals surface area contributed by atoms with Crippen molar-refractivity contribution in [2.75, 3.05) is 13.6 Å². The predicted octanol–water partition coefficient (Wildman–Crippen LogP) is 2.01. The molecule has 1 aromatic rings. The van der Waals surface area contributed by atoms with Crippen LogP contribution in [0.2, 0.25) is 0 Å². The number of aromatic nitrogens is 1. The average molecular weight is 305 g/mol. The summed E-state index contributed by atoms with van der Waals surface area (Å²) in [6.45, 7) is 0.587. The Kier molecular flexibility index (Phi) is 3.72. The van der Waals surface area contributed by atoms with Gasteiger partial charge >= 0.3 is 0 Å². The zero-order valence-electron chi connectivity index (χ0n) is 12.1. The Morgan fingerprint density at radius 1 is 1.38 bits per heavy atom. The molecule has 0 N–H and O–H groups in total. The first-order chi connectivity index (χ1) is 10.0. The van der Waals surface area contributed by atoms with Crippen molar-refractivity contribution >= 4 is 10.0 Å². The second kappa shape index (κ2) is 5.39. The highest BCUT2D eigenvalue weighted by Crippen LogP contribution is 2.48. The number of nitriles is 1. The summed E-state index contributed by atoms with van der Waals surface area (Å²) in [6.07, 6.45) is 6.27. The number of sulfonamides is 1. The molecule has 1 aromatic heterocycles. The van der Waals surface area contributed by atoms with Gasteiger partial charge in [0.05, 0.1) is 0 Å². The van der Waals surface area contributed by atoms with Crippen LogP contribution in [0.3, 0.4) is 0 Å². The molecule has 0 radical (unpaired) electrons. The van der Waals surface area contributed by atoms with Crippen molar-refractivity contribution in [3.63, 3.8) is 0 Å². The van der Waals surface area contributed by atoms with Crippen molar-refractivity contribution in [3.8, 4) is 6.07 Å². The van der Waals surface area contributed by atoms with Crippen LogP contribution in [0, 0.1) is 29.1 Å². The summed E-state index contributed by atoms with van der Waals surface area (Å²) >= 11 is 0. The van der Waals surface area contributed by atoms with Crippen LogP contribution in [0.1, 0.15) is 31.4 Å². The molecule has 3 rings (SSSR count). The highest BCUT2D eigenvalue weighted by Gasteiger charge is 2.40. The molecular weight excluding hydrogens is 286 g/mol. The molecule has 3 unspecified atom stereocenters. The molecule has 0 aliphatic heterocycles. The van der Waals surface area contributed by atoms with E-state index in [0.717, 1.165) is 12.3 Å². The molecule has 2 saturated carbocycles. The zero-order valence-corrected chi connectivity index (χ0v) is 12.9. The van der Waals surface area contributed by atoms with Crippen molar-refractivity contribution in [2.24, 2.45) is 17.8 Å². The fraction of sp³-hybridized carbons (Fsp3) is 0.600. The highest BCUT2D eigenvalue weighted by molar-refractivity contribution is 7.89. The first kappa shape index (κ1) is 14.5. The molecule has 2 aliphatic carbocycles. The SMILES string of the molecule is CN(CC1CC2CCC1C2)S(=O)(=O)c1ccc(C#N)nc1. The van der Waals surface area contributed by atoms with E-state index in [9.17, 15) is 8.42 Å². The minimum atomic E-state index is -3.51. The maximum Gasteiger partial charge on any atom is 0.244 e. The standard InChI is InChI=1S/C15H19N3O2S/c1-18(10-13-7-11-2-3-12(13)6-11)21(19,20)15-5-4-14(8-16)17-9-15/h4-5,9,11-13H,2-3,6-7,10H2,1H3. The Balaban J connectivity index is 1.73. The van der Waals surface area contributed by atoms with Gasteiger partial charge in [-0.25, -0.2) is 17.7 Å². The van der Waals surface area contributed by atoms with Crippen LogP contribution in [0.5, 0.6) is 0 Å². The molecule has 0 spiro atoms. The lowest BCUT2D eigenvalue weighted by Crippen LogP contribution is -2.33. The van der Waals surface area contributed by atoms with Crippen molar-refractivity contribution in [2.45, 2.75) is 30.6 Å². The van der Waals surface area contributed by atoms with Gasteiger partial charge in [-0.3, -0.25) is 0 Å². The predicted molar refractivity (Wildman–Crippen MR) is 77.7 cm³/mol. The molecule has 2 aliphatic rings. The fourth-order valence-electron chi connectivity index (χ4n) is 3.81. The lowest BCUT2D eigenvalue weighted by Gasteiger charge is -2.26. The van der Waals surface area contributed by atoms with Crippen molar-refractivity contribution in [1.29, 1.82) is 5.26 Å². The first-order valence-electron chi connectivity index (χ1n) is 7.33. The van der Waals surface area contributed by atoms with Crippen LogP contribution < -0.4 is 0 Å². The summed E-state index contributed by atoms with van der Waals surface area (Å²) in [7, 11) is -1.87. The Morgan fingerprint density at radius 2 is 2.19 bits per heavy atom. The summed E-state index contributed by atoms with van der Waals surface area (Å²) in [6, 6.07) is 4.79. The Hall–Kier alpha value is -1.45. The first-order valence-corrected chi connectivity index (χ1v) is 8.77. The third-order valence-electron chi connectivity index (χ3n) is 4.94. The zero-order chi connectivity index (χ0) is 15.0.